The largest absolute Gasteiger partial charge is 0.379 e. The van der Waals surface area contributed by atoms with Gasteiger partial charge in [-0.25, -0.2) is 13.4 Å². The molecular weight excluding hydrogens is 338 g/mol. The smallest absolute Gasteiger partial charge is 0.227 e. The predicted octanol–water partition coefficient (Wildman–Crippen LogP) is 2.73. The summed E-state index contributed by atoms with van der Waals surface area (Å²) in [5.74, 6) is 0.706. The Morgan fingerprint density at radius 3 is 2.60 bits per heavy atom. The van der Waals surface area contributed by atoms with Gasteiger partial charge in [-0.15, -0.1) is 0 Å². The summed E-state index contributed by atoms with van der Waals surface area (Å²) in [5.41, 5.74) is 0.998. The molecule has 1 aromatic rings. The summed E-state index contributed by atoms with van der Waals surface area (Å²) in [4.78, 5) is 6.62. The van der Waals surface area contributed by atoms with Crippen LogP contribution in [0.1, 0.15) is 52.1 Å². The molecule has 2 heterocycles. The van der Waals surface area contributed by atoms with Crippen LogP contribution in [-0.2, 0) is 27.7 Å². The van der Waals surface area contributed by atoms with Crippen molar-refractivity contribution in [3.8, 4) is 0 Å². The Balaban J connectivity index is 2.15. The molecule has 0 atom stereocenters. The van der Waals surface area contributed by atoms with Crippen molar-refractivity contribution < 1.29 is 13.2 Å². The van der Waals surface area contributed by atoms with Gasteiger partial charge in [-0.05, 0) is 25.2 Å². The number of morpholine rings is 1. The Kier molecular flexibility index (Phi) is 7.90. The highest BCUT2D eigenvalue weighted by atomic mass is 32.2. The monoisotopic (exact) mass is 371 g/mol. The van der Waals surface area contributed by atoms with Gasteiger partial charge in [0.15, 0.2) is 0 Å². The molecule has 25 heavy (non-hydrogen) atoms. The SMILES string of the molecule is CCCCn1c(CN2CCOCC2)cnc1S(=O)(=O)CCCC(C)C. The number of hydrogen-bond donors (Lipinski definition) is 0. The molecule has 0 bridgehead atoms. The minimum atomic E-state index is -3.33. The van der Waals surface area contributed by atoms with Crippen molar-refractivity contribution >= 4 is 9.84 Å². The van der Waals surface area contributed by atoms with Crippen LogP contribution in [0.5, 0.6) is 0 Å². The summed E-state index contributed by atoms with van der Waals surface area (Å²) in [6.45, 7) is 11.1. The van der Waals surface area contributed by atoms with Gasteiger partial charge in [-0.2, -0.15) is 0 Å². The molecular formula is C18H33N3O3S. The normalized spacial score (nSPS) is 16.6. The molecule has 0 spiro atoms. The summed E-state index contributed by atoms with van der Waals surface area (Å²) in [6.07, 6.45) is 5.36. The number of rotatable bonds is 10. The highest BCUT2D eigenvalue weighted by Gasteiger charge is 2.24. The van der Waals surface area contributed by atoms with E-state index in [9.17, 15) is 8.42 Å². The molecule has 0 radical (unpaired) electrons. The third-order valence-electron chi connectivity index (χ3n) is 4.60. The molecule has 1 fully saturated rings. The Labute approximate surface area is 152 Å². The number of unbranched alkanes of at least 4 members (excludes halogenated alkanes) is 1. The molecule has 0 unspecified atom stereocenters. The standard InChI is InChI=1S/C18H33N3O3S/c1-4-5-8-21-17(15-20-9-11-24-12-10-20)14-19-18(21)25(22,23)13-6-7-16(2)3/h14,16H,4-13,15H2,1-3H3. The van der Waals surface area contributed by atoms with Crippen LogP contribution in [0.25, 0.3) is 0 Å². The van der Waals surface area contributed by atoms with Gasteiger partial charge in [0, 0.05) is 26.2 Å². The number of ether oxygens (including phenoxy) is 1. The average Bonchev–Trinajstić information content (AvgIpc) is 2.96. The van der Waals surface area contributed by atoms with E-state index in [1.54, 1.807) is 6.20 Å². The molecule has 0 aromatic carbocycles. The van der Waals surface area contributed by atoms with Gasteiger partial charge in [0.2, 0.25) is 15.0 Å². The van der Waals surface area contributed by atoms with Crippen LogP contribution in [0.15, 0.2) is 11.4 Å². The lowest BCUT2D eigenvalue weighted by atomic mass is 10.1. The summed E-state index contributed by atoms with van der Waals surface area (Å²) >= 11 is 0. The molecule has 2 rings (SSSR count). The minimum absolute atomic E-state index is 0.186. The van der Waals surface area contributed by atoms with Crippen molar-refractivity contribution in [3.05, 3.63) is 11.9 Å². The maximum absolute atomic E-state index is 12.8. The van der Waals surface area contributed by atoms with Crippen LogP contribution in [0.3, 0.4) is 0 Å². The zero-order valence-electron chi connectivity index (χ0n) is 15.9. The van der Waals surface area contributed by atoms with E-state index in [4.69, 9.17) is 4.74 Å². The molecule has 1 aliphatic heterocycles. The first-order chi connectivity index (χ1) is 11.9. The molecule has 1 aromatic heterocycles. The number of nitrogens with zero attached hydrogens (tertiary/aromatic N) is 3. The van der Waals surface area contributed by atoms with Crippen molar-refractivity contribution in [3.63, 3.8) is 0 Å². The lowest BCUT2D eigenvalue weighted by Crippen LogP contribution is -2.36. The highest BCUT2D eigenvalue weighted by Crippen LogP contribution is 2.18. The Bertz CT molecular complexity index is 620. The van der Waals surface area contributed by atoms with Gasteiger partial charge in [-0.1, -0.05) is 27.2 Å². The van der Waals surface area contributed by atoms with Crippen molar-refractivity contribution in [2.75, 3.05) is 32.1 Å². The highest BCUT2D eigenvalue weighted by molar-refractivity contribution is 7.91. The lowest BCUT2D eigenvalue weighted by Gasteiger charge is -2.26. The molecule has 1 aliphatic rings. The number of imidazole rings is 1. The number of aromatic nitrogens is 2. The van der Waals surface area contributed by atoms with Crippen LogP contribution in [0.2, 0.25) is 0 Å². The summed E-state index contributed by atoms with van der Waals surface area (Å²) < 4.78 is 32.9. The zero-order chi connectivity index (χ0) is 18.3. The fraction of sp³-hybridized carbons (Fsp3) is 0.833. The fourth-order valence-electron chi connectivity index (χ4n) is 3.08. The van der Waals surface area contributed by atoms with E-state index < -0.39 is 9.84 Å². The molecule has 1 saturated heterocycles. The van der Waals surface area contributed by atoms with Crippen molar-refractivity contribution in [2.24, 2.45) is 5.92 Å². The molecule has 0 saturated carbocycles. The first-order valence-electron chi connectivity index (χ1n) is 9.51. The second-order valence-corrected chi connectivity index (χ2v) is 9.28. The topological polar surface area (TPSA) is 64.4 Å². The van der Waals surface area contributed by atoms with Crippen molar-refractivity contribution in [1.29, 1.82) is 0 Å². The van der Waals surface area contributed by atoms with E-state index in [0.717, 1.165) is 64.3 Å². The van der Waals surface area contributed by atoms with Crippen LogP contribution >= 0.6 is 0 Å². The molecule has 7 heteroatoms. The van der Waals surface area contributed by atoms with E-state index in [-0.39, 0.29) is 10.9 Å². The van der Waals surface area contributed by atoms with Crippen LogP contribution in [0, 0.1) is 5.92 Å². The predicted molar refractivity (Wildman–Crippen MR) is 99.4 cm³/mol. The first kappa shape index (κ1) is 20.4. The Hall–Kier alpha value is -0.920. The van der Waals surface area contributed by atoms with E-state index >= 15 is 0 Å². The van der Waals surface area contributed by atoms with E-state index in [0.29, 0.717) is 12.3 Å². The maximum atomic E-state index is 12.8. The van der Waals surface area contributed by atoms with Gasteiger partial charge >= 0.3 is 0 Å². The van der Waals surface area contributed by atoms with Crippen LogP contribution < -0.4 is 0 Å². The second-order valence-electron chi connectivity index (χ2n) is 7.28. The molecule has 6 nitrogen and oxygen atoms in total. The fourth-order valence-corrected chi connectivity index (χ4v) is 4.57. The van der Waals surface area contributed by atoms with Gasteiger partial charge in [-0.3, -0.25) is 4.90 Å². The van der Waals surface area contributed by atoms with Gasteiger partial charge in [0.05, 0.1) is 30.9 Å². The van der Waals surface area contributed by atoms with Crippen molar-refractivity contribution in [2.45, 2.75) is 64.7 Å². The minimum Gasteiger partial charge on any atom is -0.379 e. The molecule has 0 N–H and O–H groups in total. The van der Waals surface area contributed by atoms with Gasteiger partial charge < -0.3 is 9.30 Å². The number of hydrogen-bond acceptors (Lipinski definition) is 5. The van der Waals surface area contributed by atoms with Crippen LogP contribution in [0.4, 0.5) is 0 Å². The second kappa shape index (κ2) is 9.69. The zero-order valence-corrected chi connectivity index (χ0v) is 16.7. The molecule has 144 valence electrons. The van der Waals surface area contributed by atoms with E-state index in [2.05, 4.69) is 30.7 Å². The maximum Gasteiger partial charge on any atom is 0.227 e. The lowest BCUT2D eigenvalue weighted by molar-refractivity contribution is 0.0330. The summed E-state index contributed by atoms with van der Waals surface area (Å²) in [6, 6.07) is 0. The quantitative estimate of drug-likeness (QED) is 0.633. The third-order valence-corrected chi connectivity index (χ3v) is 6.31. The van der Waals surface area contributed by atoms with Crippen LogP contribution in [-0.4, -0.2) is 54.9 Å². The van der Waals surface area contributed by atoms with E-state index in [1.165, 1.54) is 0 Å². The van der Waals surface area contributed by atoms with E-state index in [1.807, 2.05) is 4.57 Å². The molecule has 0 aliphatic carbocycles. The average molecular weight is 372 g/mol. The van der Waals surface area contributed by atoms with Gasteiger partial charge in [0.25, 0.3) is 0 Å². The third kappa shape index (κ3) is 6.08. The summed E-state index contributed by atoms with van der Waals surface area (Å²) in [5, 5.41) is 0.257. The molecule has 0 amide bonds. The first-order valence-corrected chi connectivity index (χ1v) is 11.2. The Morgan fingerprint density at radius 1 is 1.24 bits per heavy atom. The summed E-state index contributed by atoms with van der Waals surface area (Å²) in [7, 11) is -3.33. The van der Waals surface area contributed by atoms with Gasteiger partial charge in [0.1, 0.15) is 0 Å². The Morgan fingerprint density at radius 2 is 1.96 bits per heavy atom. The number of sulfone groups is 1. The van der Waals surface area contributed by atoms with Crippen molar-refractivity contribution in [1.82, 2.24) is 14.5 Å².